The lowest BCUT2D eigenvalue weighted by atomic mass is 10.2. The van der Waals surface area contributed by atoms with Crippen molar-refractivity contribution < 1.29 is 4.74 Å². The summed E-state index contributed by atoms with van der Waals surface area (Å²) in [7, 11) is 1.64. The SMILES string of the molecule is COc1ccccc1/C=N/Nc1nc(-c2cccnc2)nc2ccccc12. The van der Waals surface area contributed by atoms with Gasteiger partial charge in [0.05, 0.1) is 18.8 Å². The van der Waals surface area contributed by atoms with Crippen molar-refractivity contribution in [3.63, 3.8) is 0 Å². The van der Waals surface area contributed by atoms with Crippen LogP contribution in [-0.4, -0.2) is 28.3 Å². The normalized spacial score (nSPS) is 11.0. The fourth-order valence-electron chi connectivity index (χ4n) is 2.72. The number of rotatable bonds is 5. The quantitative estimate of drug-likeness (QED) is 0.430. The van der Waals surface area contributed by atoms with Gasteiger partial charge in [0.15, 0.2) is 11.6 Å². The number of hydrogen-bond acceptors (Lipinski definition) is 6. The van der Waals surface area contributed by atoms with Crippen LogP contribution in [0, 0.1) is 0 Å². The number of benzene rings is 2. The van der Waals surface area contributed by atoms with Gasteiger partial charge in [-0.25, -0.2) is 9.97 Å². The maximum absolute atomic E-state index is 5.34. The first-order valence-electron chi connectivity index (χ1n) is 8.44. The number of methoxy groups -OCH3 is 1. The molecule has 0 fully saturated rings. The molecule has 0 atom stereocenters. The van der Waals surface area contributed by atoms with E-state index in [9.17, 15) is 0 Å². The first-order chi connectivity index (χ1) is 13.3. The molecule has 27 heavy (non-hydrogen) atoms. The Labute approximate surface area is 156 Å². The molecule has 6 nitrogen and oxygen atoms in total. The predicted molar refractivity (Wildman–Crippen MR) is 107 cm³/mol. The van der Waals surface area contributed by atoms with Crippen LogP contribution in [0.3, 0.4) is 0 Å². The van der Waals surface area contributed by atoms with E-state index in [1.165, 1.54) is 0 Å². The third kappa shape index (κ3) is 3.59. The van der Waals surface area contributed by atoms with Crippen molar-refractivity contribution in [2.45, 2.75) is 0 Å². The molecule has 0 aliphatic carbocycles. The predicted octanol–water partition coefficient (Wildman–Crippen LogP) is 4.15. The number of pyridine rings is 1. The van der Waals surface area contributed by atoms with Crippen LogP contribution in [0.25, 0.3) is 22.3 Å². The minimum Gasteiger partial charge on any atom is -0.496 e. The lowest BCUT2D eigenvalue weighted by Gasteiger charge is -2.08. The largest absolute Gasteiger partial charge is 0.496 e. The van der Waals surface area contributed by atoms with Crippen molar-refractivity contribution in [1.82, 2.24) is 15.0 Å². The van der Waals surface area contributed by atoms with Crippen LogP contribution in [0.4, 0.5) is 5.82 Å². The molecule has 0 amide bonds. The van der Waals surface area contributed by atoms with Gasteiger partial charge in [0.1, 0.15) is 5.75 Å². The molecule has 0 saturated carbocycles. The van der Waals surface area contributed by atoms with Gasteiger partial charge in [-0.1, -0.05) is 24.3 Å². The summed E-state index contributed by atoms with van der Waals surface area (Å²) < 4.78 is 5.34. The first kappa shape index (κ1) is 16.7. The third-order valence-corrected chi connectivity index (χ3v) is 4.04. The summed E-state index contributed by atoms with van der Waals surface area (Å²) >= 11 is 0. The number of hydrazone groups is 1. The van der Waals surface area contributed by atoms with E-state index in [4.69, 9.17) is 4.74 Å². The van der Waals surface area contributed by atoms with Crippen molar-refractivity contribution in [1.29, 1.82) is 0 Å². The Kier molecular flexibility index (Phi) is 4.70. The average molecular weight is 355 g/mol. The molecule has 132 valence electrons. The van der Waals surface area contributed by atoms with Crippen LogP contribution in [0.1, 0.15) is 5.56 Å². The zero-order valence-corrected chi connectivity index (χ0v) is 14.7. The van der Waals surface area contributed by atoms with Gasteiger partial charge in [0.2, 0.25) is 0 Å². The molecule has 6 heteroatoms. The minimum atomic E-state index is 0.594. The smallest absolute Gasteiger partial charge is 0.163 e. The second-order valence-electron chi connectivity index (χ2n) is 5.77. The molecule has 4 aromatic rings. The molecule has 4 rings (SSSR count). The Balaban J connectivity index is 1.71. The molecule has 0 unspecified atom stereocenters. The zero-order chi connectivity index (χ0) is 18.5. The molecule has 2 heterocycles. The highest BCUT2D eigenvalue weighted by molar-refractivity contribution is 5.91. The lowest BCUT2D eigenvalue weighted by molar-refractivity contribution is 0.414. The zero-order valence-electron chi connectivity index (χ0n) is 14.7. The Bertz CT molecular complexity index is 1100. The van der Waals surface area contributed by atoms with Crippen molar-refractivity contribution in [3.05, 3.63) is 78.6 Å². The van der Waals surface area contributed by atoms with Crippen LogP contribution in [0.15, 0.2) is 78.2 Å². The van der Waals surface area contributed by atoms with Gasteiger partial charge in [-0.3, -0.25) is 10.4 Å². The Hall–Kier alpha value is -3.80. The van der Waals surface area contributed by atoms with E-state index >= 15 is 0 Å². The van der Waals surface area contributed by atoms with Crippen LogP contribution >= 0.6 is 0 Å². The Morgan fingerprint density at radius 2 is 1.81 bits per heavy atom. The molecule has 2 aromatic heterocycles. The van der Waals surface area contributed by atoms with Crippen molar-refractivity contribution in [2.75, 3.05) is 12.5 Å². The molecular formula is C21H17N5O. The molecule has 0 saturated heterocycles. The van der Waals surface area contributed by atoms with E-state index in [-0.39, 0.29) is 0 Å². The van der Waals surface area contributed by atoms with E-state index in [1.807, 2.05) is 60.7 Å². The first-order valence-corrected chi connectivity index (χ1v) is 8.44. The highest BCUT2D eigenvalue weighted by atomic mass is 16.5. The van der Waals surface area contributed by atoms with E-state index in [1.54, 1.807) is 25.7 Å². The lowest BCUT2D eigenvalue weighted by Crippen LogP contribution is -2.00. The topological polar surface area (TPSA) is 72.3 Å². The van der Waals surface area contributed by atoms with Gasteiger partial charge in [-0.05, 0) is 36.4 Å². The number of ether oxygens (including phenoxy) is 1. The minimum absolute atomic E-state index is 0.594. The van der Waals surface area contributed by atoms with Crippen LogP contribution in [0.5, 0.6) is 5.75 Å². The summed E-state index contributed by atoms with van der Waals surface area (Å²) in [4.78, 5) is 13.4. The summed E-state index contributed by atoms with van der Waals surface area (Å²) in [6.45, 7) is 0. The number of aromatic nitrogens is 3. The number of nitrogens with zero attached hydrogens (tertiary/aromatic N) is 4. The third-order valence-electron chi connectivity index (χ3n) is 4.04. The van der Waals surface area contributed by atoms with Crippen LogP contribution in [0.2, 0.25) is 0 Å². The monoisotopic (exact) mass is 355 g/mol. The van der Waals surface area contributed by atoms with E-state index < -0.39 is 0 Å². The highest BCUT2D eigenvalue weighted by Gasteiger charge is 2.09. The summed E-state index contributed by atoms with van der Waals surface area (Å²) in [5.74, 6) is 1.98. The number of anilines is 1. The van der Waals surface area contributed by atoms with Crippen LogP contribution in [-0.2, 0) is 0 Å². The van der Waals surface area contributed by atoms with E-state index in [2.05, 4.69) is 25.5 Å². The molecule has 0 bridgehead atoms. The maximum Gasteiger partial charge on any atom is 0.163 e. The molecular weight excluding hydrogens is 338 g/mol. The van der Waals surface area contributed by atoms with Gasteiger partial charge in [0.25, 0.3) is 0 Å². The second-order valence-corrected chi connectivity index (χ2v) is 5.77. The number of fused-ring (bicyclic) bond motifs is 1. The summed E-state index contributed by atoms with van der Waals surface area (Å²) in [6, 6.07) is 19.3. The average Bonchev–Trinajstić information content (AvgIpc) is 2.74. The Morgan fingerprint density at radius 1 is 0.963 bits per heavy atom. The van der Waals surface area contributed by atoms with Gasteiger partial charge in [-0.2, -0.15) is 5.10 Å². The Morgan fingerprint density at radius 3 is 2.67 bits per heavy atom. The van der Waals surface area contributed by atoms with Gasteiger partial charge in [0, 0.05) is 28.9 Å². The molecule has 0 aliphatic heterocycles. The molecule has 1 N–H and O–H groups in total. The van der Waals surface area contributed by atoms with Gasteiger partial charge >= 0.3 is 0 Å². The molecule has 2 aromatic carbocycles. The summed E-state index contributed by atoms with van der Waals surface area (Å²) in [5, 5.41) is 5.24. The van der Waals surface area contributed by atoms with Crippen molar-refractivity contribution in [3.8, 4) is 17.1 Å². The van der Waals surface area contributed by atoms with E-state index in [0.29, 0.717) is 11.6 Å². The fraction of sp³-hybridized carbons (Fsp3) is 0.0476. The fourth-order valence-corrected chi connectivity index (χ4v) is 2.72. The molecule has 0 radical (unpaired) electrons. The number of para-hydroxylation sites is 2. The van der Waals surface area contributed by atoms with Gasteiger partial charge in [-0.15, -0.1) is 0 Å². The maximum atomic E-state index is 5.34. The van der Waals surface area contributed by atoms with Crippen molar-refractivity contribution >= 4 is 22.9 Å². The molecule has 0 aliphatic rings. The number of hydrogen-bond donors (Lipinski definition) is 1. The second kappa shape index (κ2) is 7.61. The standard InChI is InChI=1S/C21H17N5O/c1-27-19-11-5-2-7-15(19)14-23-26-21-17-9-3-4-10-18(17)24-20(25-21)16-8-6-12-22-13-16/h2-14H,1H3,(H,24,25,26)/b23-14+. The summed E-state index contributed by atoms with van der Waals surface area (Å²) in [6.07, 6.45) is 5.17. The van der Waals surface area contributed by atoms with E-state index in [0.717, 1.165) is 27.8 Å². The van der Waals surface area contributed by atoms with Gasteiger partial charge < -0.3 is 4.74 Å². The summed E-state index contributed by atoms with van der Waals surface area (Å²) in [5.41, 5.74) is 5.60. The number of nitrogens with one attached hydrogen (secondary N) is 1. The van der Waals surface area contributed by atoms with Crippen molar-refractivity contribution in [2.24, 2.45) is 5.10 Å². The molecule has 0 spiro atoms. The van der Waals surface area contributed by atoms with Crippen LogP contribution < -0.4 is 10.2 Å². The highest BCUT2D eigenvalue weighted by Crippen LogP contribution is 2.24.